The number of benzene rings is 2. The molecule has 2 nitrogen and oxygen atoms in total. The molecule has 3 rings (SSSR count). The molecule has 0 fully saturated rings. The third kappa shape index (κ3) is 1.33. The number of amides is 1. The summed E-state index contributed by atoms with van der Waals surface area (Å²) in [6.07, 6.45) is 0. The number of anilines is 1. The van der Waals surface area contributed by atoms with Crippen molar-refractivity contribution in [1.82, 2.24) is 0 Å². The van der Waals surface area contributed by atoms with E-state index < -0.39 is 0 Å². The van der Waals surface area contributed by atoms with Crippen molar-refractivity contribution in [3.05, 3.63) is 60.2 Å². The minimum atomic E-state index is 0.0989. The summed E-state index contributed by atoms with van der Waals surface area (Å²) in [5.41, 5.74) is 2.89. The van der Waals surface area contributed by atoms with E-state index in [2.05, 4.69) is 0 Å². The lowest BCUT2D eigenvalue weighted by atomic mass is 9.83. The number of rotatable bonds is 1. The topological polar surface area (TPSA) is 20.3 Å². The molecule has 0 spiro atoms. The van der Waals surface area contributed by atoms with E-state index in [-0.39, 0.29) is 5.91 Å². The Bertz CT molecular complexity index is 539. The Morgan fingerprint density at radius 3 is 2.31 bits per heavy atom. The van der Waals surface area contributed by atoms with Gasteiger partial charge in [-0.15, -0.1) is 0 Å². The van der Waals surface area contributed by atoms with Crippen LogP contribution in [-0.4, -0.2) is 13.3 Å². The molecule has 3 heteroatoms. The van der Waals surface area contributed by atoms with Gasteiger partial charge in [0.15, 0.2) is 0 Å². The number of para-hydroxylation sites is 1. The lowest BCUT2D eigenvalue weighted by Gasteiger charge is -2.15. The normalized spacial score (nSPS) is 13.5. The molecule has 16 heavy (non-hydrogen) atoms. The van der Waals surface area contributed by atoms with Crippen molar-refractivity contribution in [2.24, 2.45) is 0 Å². The van der Waals surface area contributed by atoms with E-state index in [1.807, 2.05) is 59.4 Å². The summed E-state index contributed by atoms with van der Waals surface area (Å²) < 4.78 is 0. The first-order chi connectivity index (χ1) is 7.86. The van der Waals surface area contributed by atoms with Gasteiger partial charge in [-0.2, -0.15) is 0 Å². The van der Waals surface area contributed by atoms with E-state index in [4.69, 9.17) is 0 Å². The largest absolute Gasteiger partial charge is 0.352 e. The Balaban J connectivity index is 2.02. The number of carbonyl (C=O) groups is 1. The molecule has 0 aromatic heterocycles. The smallest absolute Gasteiger partial charge is 0.280 e. The van der Waals surface area contributed by atoms with Crippen molar-refractivity contribution in [1.29, 1.82) is 0 Å². The molecular weight excluding hydrogens is 197 g/mol. The highest BCUT2D eigenvalue weighted by Crippen LogP contribution is 2.18. The Kier molecular flexibility index (Phi) is 2.03. The van der Waals surface area contributed by atoms with Crippen LogP contribution in [0.2, 0.25) is 0 Å². The molecule has 1 heterocycles. The second kappa shape index (κ2) is 3.52. The molecule has 1 aliphatic heterocycles. The average molecular weight is 207 g/mol. The first kappa shape index (κ1) is 9.22. The molecule has 0 saturated carbocycles. The SMILES string of the molecule is O=C1c2ccccc2BN1c1ccccc1. The summed E-state index contributed by atoms with van der Waals surface area (Å²) in [4.78, 5) is 13.9. The summed E-state index contributed by atoms with van der Waals surface area (Å²) in [7, 11) is 0.680. The minimum absolute atomic E-state index is 0.0989. The summed E-state index contributed by atoms with van der Waals surface area (Å²) in [6.45, 7) is 0. The maximum absolute atomic E-state index is 12.1. The highest BCUT2D eigenvalue weighted by atomic mass is 16.2. The van der Waals surface area contributed by atoms with Gasteiger partial charge in [0.2, 0.25) is 5.91 Å². The van der Waals surface area contributed by atoms with Crippen molar-refractivity contribution in [2.45, 2.75) is 0 Å². The maximum Gasteiger partial charge on any atom is 0.280 e. The van der Waals surface area contributed by atoms with Crippen LogP contribution < -0.4 is 10.3 Å². The third-order valence-corrected chi connectivity index (χ3v) is 2.89. The van der Waals surface area contributed by atoms with E-state index in [1.54, 1.807) is 0 Å². The van der Waals surface area contributed by atoms with E-state index in [0.29, 0.717) is 7.41 Å². The van der Waals surface area contributed by atoms with E-state index >= 15 is 0 Å². The Labute approximate surface area is 94.8 Å². The van der Waals surface area contributed by atoms with Gasteiger partial charge in [0.05, 0.1) is 0 Å². The Morgan fingerprint density at radius 2 is 1.56 bits per heavy atom. The first-order valence-electron chi connectivity index (χ1n) is 5.31. The van der Waals surface area contributed by atoms with Gasteiger partial charge in [-0.05, 0) is 23.7 Å². The number of hydrogen-bond acceptors (Lipinski definition) is 1. The first-order valence-corrected chi connectivity index (χ1v) is 5.31. The predicted octanol–water partition coefficient (Wildman–Crippen LogP) is 1.32. The summed E-state index contributed by atoms with van der Waals surface area (Å²) in [6, 6.07) is 17.6. The molecule has 0 saturated heterocycles. The van der Waals surface area contributed by atoms with Crippen LogP contribution in [-0.2, 0) is 0 Å². The van der Waals surface area contributed by atoms with Crippen molar-refractivity contribution in [2.75, 3.05) is 4.81 Å². The zero-order chi connectivity index (χ0) is 11.0. The fourth-order valence-corrected chi connectivity index (χ4v) is 2.07. The molecular formula is C13H10BNO. The standard InChI is InChI=1S/C13H10BNO/c16-13-11-8-4-5-9-12(11)14-15(13)10-6-2-1-3-7-10/h1-9,14H. The highest BCUT2D eigenvalue weighted by molar-refractivity contribution is 6.69. The van der Waals surface area contributed by atoms with Crippen molar-refractivity contribution >= 4 is 24.5 Å². The fourth-order valence-electron chi connectivity index (χ4n) is 2.07. The van der Waals surface area contributed by atoms with Gasteiger partial charge in [-0.1, -0.05) is 36.4 Å². The lowest BCUT2D eigenvalue weighted by Crippen LogP contribution is -2.29. The van der Waals surface area contributed by atoms with Crippen molar-refractivity contribution < 1.29 is 4.79 Å². The number of nitrogens with zero attached hydrogens (tertiary/aromatic N) is 1. The zero-order valence-corrected chi connectivity index (χ0v) is 8.76. The van der Waals surface area contributed by atoms with E-state index in [0.717, 1.165) is 16.7 Å². The number of hydrogen-bond donors (Lipinski definition) is 0. The van der Waals surface area contributed by atoms with Crippen LogP contribution >= 0.6 is 0 Å². The van der Waals surface area contributed by atoms with Gasteiger partial charge in [0.25, 0.3) is 7.41 Å². The second-order valence-corrected chi connectivity index (χ2v) is 3.88. The van der Waals surface area contributed by atoms with Crippen LogP contribution in [0.15, 0.2) is 54.6 Å². The van der Waals surface area contributed by atoms with Crippen LogP contribution in [0.25, 0.3) is 0 Å². The van der Waals surface area contributed by atoms with Crippen LogP contribution in [0, 0.1) is 0 Å². The fraction of sp³-hybridized carbons (Fsp3) is 0. The second-order valence-electron chi connectivity index (χ2n) is 3.88. The highest BCUT2D eigenvalue weighted by Gasteiger charge is 2.28. The molecule has 2 aromatic carbocycles. The van der Waals surface area contributed by atoms with Gasteiger partial charge in [-0.25, -0.2) is 0 Å². The zero-order valence-electron chi connectivity index (χ0n) is 8.76. The summed E-state index contributed by atoms with van der Waals surface area (Å²) in [5.74, 6) is 0.0989. The van der Waals surface area contributed by atoms with Crippen molar-refractivity contribution in [3.63, 3.8) is 0 Å². The predicted molar refractivity (Wildman–Crippen MR) is 66.5 cm³/mol. The minimum Gasteiger partial charge on any atom is -0.352 e. The van der Waals surface area contributed by atoms with Gasteiger partial charge >= 0.3 is 0 Å². The van der Waals surface area contributed by atoms with Crippen LogP contribution in [0.4, 0.5) is 5.69 Å². The molecule has 0 N–H and O–H groups in total. The van der Waals surface area contributed by atoms with Gasteiger partial charge in [0.1, 0.15) is 0 Å². The molecule has 0 radical (unpaired) electrons. The maximum atomic E-state index is 12.1. The molecule has 1 aliphatic rings. The quantitative estimate of drug-likeness (QED) is 0.646. The van der Waals surface area contributed by atoms with Crippen LogP contribution in [0.5, 0.6) is 0 Å². The molecule has 0 aliphatic carbocycles. The molecule has 0 atom stereocenters. The summed E-state index contributed by atoms with van der Waals surface area (Å²) >= 11 is 0. The molecule has 0 bridgehead atoms. The van der Waals surface area contributed by atoms with Gasteiger partial charge < -0.3 is 4.81 Å². The lowest BCUT2D eigenvalue weighted by molar-refractivity contribution is 0.101. The number of carbonyl (C=O) groups excluding carboxylic acids is 1. The summed E-state index contributed by atoms with van der Waals surface area (Å²) in [5, 5.41) is 0. The molecule has 0 unspecified atom stereocenters. The van der Waals surface area contributed by atoms with E-state index in [9.17, 15) is 4.79 Å². The van der Waals surface area contributed by atoms with Crippen molar-refractivity contribution in [3.8, 4) is 0 Å². The van der Waals surface area contributed by atoms with Crippen LogP contribution in [0.3, 0.4) is 0 Å². The molecule has 1 amide bonds. The molecule has 2 aromatic rings. The van der Waals surface area contributed by atoms with Gasteiger partial charge in [0, 0.05) is 11.3 Å². The Morgan fingerprint density at radius 1 is 0.875 bits per heavy atom. The average Bonchev–Trinajstić information content (AvgIpc) is 2.69. The van der Waals surface area contributed by atoms with E-state index in [1.165, 1.54) is 0 Å². The number of fused-ring (bicyclic) bond motifs is 1. The monoisotopic (exact) mass is 207 g/mol. The van der Waals surface area contributed by atoms with Gasteiger partial charge in [-0.3, -0.25) is 4.79 Å². The molecule has 76 valence electrons. The Hall–Kier alpha value is -2.03. The third-order valence-electron chi connectivity index (χ3n) is 2.89. The van der Waals surface area contributed by atoms with Crippen LogP contribution in [0.1, 0.15) is 10.4 Å².